The van der Waals surface area contributed by atoms with Crippen LogP contribution in [-0.2, 0) is 4.74 Å². The van der Waals surface area contributed by atoms with Crippen LogP contribution in [0.25, 0.3) is 16.9 Å². The maximum Gasteiger partial charge on any atom is 0.358 e. The van der Waals surface area contributed by atoms with Crippen molar-refractivity contribution < 1.29 is 19.1 Å². The Kier molecular flexibility index (Phi) is 7.30. The number of amides is 1. The van der Waals surface area contributed by atoms with Gasteiger partial charge in [0.25, 0.3) is 5.91 Å². The first kappa shape index (κ1) is 23.5. The molecule has 1 fully saturated rings. The van der Waals surface area contributed by atoms with E-state index >= 15 is 0 Å². The lowest BCUT2D eigenvalue weighted by molar-refractivity contribution is 0.0518. The summed E-state index contributed by atoms with van der Waals surface area (Å²) < 4.78 is 12.2. The van der Waals surface area contributed by atoms with Gasteiger partial charge in [-0.2, -0.15) is 5.10 Å². The molecule has 3 aromatic rings. The zero-order valence-corrected chi connectivity index (χ0v) is 20.0. The molecule has 1 heterocycles. The lowest BCUT2D eigenvalue weighted by Gasteiger charge is -2.22. The molecule has 0 atom stereocenters. The van der Waals surface area contributed by atoms with Crippen LogP contribution >= 0.6 is 0 Å². The van der Waals surface area contributed by atoms with Crippen molar-refractivity contribution in [2.75, 3.05) is 26.8 Å². The van der Waals surface area contributed by atoms with E-state index in [9.17, 15) is 9.59 Å². The zero-order valence-electron chi connectivity index (χ0n) is 20.0. The van der Waals surface area contributed by atoms with E-state index in [0.717, 1.165) is 36.5 Å². The summed E-state index contributed by atoms with van der Waals surface area (Å²) in [5, 5.41) is 4.52. The highest BCUT2D eigenvalue weighted by Gasteiger charge is 2.27. The second-order valence-corrected chi connectivity index (χ2v) is 8.52. The quantitative estimate of drug-likeness (QED) is 0.398. The van der Waals surface area contributed by atoms with Crippen LogP contribution in [0.3, 0.4) is 0 Å². The van der Waals surface area contributed by atoms with Gasteiger partial charge in [-0.3, -0.25) is 4.79 Å². The molecular weight excluding hydrogens is 430 g/mol. The molecule has 1 aliphatic carbocycles. The van der Waals surface area contributed by atoms with Gasteiger partial charge in [0.2, 0.25) is 0 Å². The van der Waals surface area contributed by atoms with Crippen molar-refractivity contribution in [1.82, 2.24) is 14.7 Å². The highest BCUT2D eigenvalue weighted by molar-refractivity contribution is 5.94. The topological polar surface area (TPSA) is 73.7 Å². The predicted octanol–water partition coefficient (Wildman–Crippen LogP) is 4.99. The summed E-state index contributed by atoms with van der Waals surface area (Å²) in [7, 11) is 1.61. The van der Waals surface area contributed by atoms with E-state index in [0.29, 0.717) is 17.2 Å². The number of ether oxygens (including phenoxy) is 2. The minimum absolute atomic E-state index is 0.0565. The standard InChI is InChI=1S/C27H31N3O4/c1-4-15-29(18-19-9-10-19)26(31)20-11-13-22(14-12-20)30-25(17-24(28-30)27(32)34-5-2)21-7-6-8-23(16-21)33-3/h6-8,11-14,16-17,19H,4-5,9-10,15,18H2,1-3H3. The summed E-state index contributed by atoms with van der Waals surface area (Å²) >= 11 is 0. The smallest absolute Gasteiger partial charge is 0.358 e. The van der Waals surface area contributed by atoms with Crippen LogP contribution < -0.4 is 4.74 Å². The molecule has 178 valence electrons. The van der Waals surface area contributed by atoms with Gasteiger partial charge in [0.05, 0.1) is 25.1 Å². The van der Waals surface area contributed by atoms with E-state index in [1.54, 1.807) is 24.8 Å². The molecule has 0 spiro atoms. The lowest BCUT2D eigenvalue weighted by Crippen LogP contribution is -2.33. The van der Waals surface area contributed by atoms with E-state index in [2.05, 4.69) is 12.0 Å². The van der Waals surface area contributed by atoms with Crippen LogP contribution in [0.2, 0.25) is 0 Å². The molecule has 0 N–H and O–H groups in total. The first-order valence-electron chi connectivity index (χ1n) is 11.8. The van der Waals surface area contributed by atoms with Gasteiger partial charge in [0, 0.05) is 24.2 Å². The van der Waals surface area contributed by atoms with E-state index < -0.39 is 5.97 Å². The number of carbonyl (C=O) groups excluding carboxylic acids is 2. The molecule has 7 heteroatoms. The van der Waals surface area contributed by atoms with Crippen molar-refractivity contribution in [2.24, 2.45) is 5.92 Å². The number of rotatable bonds is 10. The summed E-state index contributed by atoms with van der Waals surface area (Å²) in [4.78, 5) is 27.5. The fourth-order valence-electron chi connectivity index (χ4n) is 3.96. The van der Waals surface area contributed by atoms with Crippen molar-refractivity contribution in [3.63, 3.8) is 0 Å². The fourth-order valence-corrected chi connectivity index (χ4v) is 3.96. The molecule has 0 radical (unpaired) electrons. The van der Waals surface area contributed by atoms with Gasteiger partial charge in [-0.05, 0) is 74.6 Å². The van der Waals surface area contributed by atoms with E-state index in [4.69, 9.17) is 9.47 Å². The summed E-state index contributed by atoms with van der Waals surface area (Å²) in [5.41, 5.74) is 3.19. The Morgan fingerprint density at radius 3 is 2.50 bits per heavy atom. The summed E-state index contributed by atoms with van der Waals surface area (Å²) in [6, 6.07) is 16.7. The molecule has 7 nitrogen and oxygen atoms in total. The number of nitrogens with zero attached hydrogens (tertiary/aromatic N) is 3. The number of hydrogen-bond acceptors (Lipinski definition) is 5. The second kappa shape index (κ2) is 10.5. The molecule has 1 aromatic heterocycles. The number of esters is 1. The maximum absolute atomic E-state index is 13.1. The average Bonchev–Trinajstić information content (AvgIpc) is 3.57. The summed E-state index contributed by atoms with van der Waals surface area (Å²) in [6.07, 6.45) is 3.35. The maximum atomic E-state index is 13.1. The molecular formula is C27H31N3O4. The van der Waals surface area contributed by atoms with Gasteiger partial charge in [-0.1, -0.05) is 19.1 Å². The van der Waals surface area contributed by atoms with Crippen LogP contribution in [0.15, 0.2) is 54.6 Å². The SMILES string of the molecule is CCCN(CC1CC1)C(=O)c1ccc(-n2nc(C(=O)OCC)cc2-c2cccc(OC)c2)cc1. The highest BCUT2D eigenvalue weighted by atomic mass is 16.5. The molecule has 4 rings (SSSR count). The largest absolute Gasteiger partial charge is 0.497 e. The fraction of sp³-hybridized carbons (Fsp3) is 0.370. The molecule has 1 amide bonds. The second-order valence-electron chi connectivity index (χ2n) is 8.52. The van der Waals surface area contributed by atoms with E-state index in [1.807, 2.05) is 53.4 Å². The highest BCUT2D eigenvalue weighted by Crippen LogP contribution is 2.31. The summed E-state index contributed by atoms with van der Waals surface area (Å²) in [5.74, 6) is 0.926. The minimum atomic E-state index is -0.479. The Labute approximate surface area is 200 Å². The minimum Gasteiger partial charge on any atom is -0.497 e. The van der Waals surface area contributed by atoms with Crippen LogP contribution in [-0.4, -0.2) is 53.4 Å². The Morgan fingerprint density at radius 2 is 1.85 bits per heavy atom. The molecule has 0 aliphatic heterocycles. The lowest BCUT2D eigenvalue weighted by atomic mass is 10.1. The average molecular weight is 462 g/mol. The van der Waals surface area contributed by atoms with Gasteiger partial charge in [-0.25, -0.2) is 9.48 Å². The molecule has 1 aliphatic rings. The Bertz CT molecular complexity index is 1150. The van der Waals surface area contributed by atoms with Gasteiger partial charge in [-0.15, -0.1) is 0 Å². The van der Waals surface area contributed by atoms with Crippen molar-refractivity contribution in [3.05, 3.63) is 65.9 Å². The number of aromatic nitrogens is 2. The monoisotopic (exact) mass is 461 g/mol. The number of carbonyl (C=O) groups is 2. The number of hydrogen-bond donors (Lipinski definition) is 0. The number of methoxy groups -OCH3 is 1. The van der Waals surface area contributed by atoms with E-state index in [1.165, 1.54) is 12.8 Å². The molecule has 0 bridgehead atoms. The van der Waals surface area contributed by atoms with Crippen LogP contribution in [0, 0.1) is 5.92 Å². The molecule has 0 unspecified atom stereocenters. The van der Waals surface area contributed by atoms with Crippen molar-refractivity contribution in [1.29, 1.82) is 0 Å². The van der Waals surface area contributed by atoms with Crippen molar-refractivity contribution in [3.8, 4) is 22.7 Å². The van der Waals surface area contributed by atoms with Gasteiger partial charge in [0.15, 0.2) is 5.69 Å². The van der Waals surface area contributed by atoms with Gasteiger partial charge < -0.3 is 14.4 Å². The summed E-state index contributed by atoms with van der Waals surface area (Å²) in [6.45, 7) is 5.72. The van der Waals surface area contributed by atoms with Crippen molar-refractivity contribution in [2.45, 2.75) is 33.1 Å². The van der Waals surface area contributed by atoms with Crippen LogP contribution in [0.4, 0.5) is 0 Å². The molecule has 0 saturated heterocycles. The third-order valence-electron chi connectivity index (χ3n) is 5.87. The van der Waals surface area contributed by atoms with Crippen LogP contribution in [0.1, 0.15) is 54.0 Å². The zero-order chi connectivity index (χ0) is 24.1. The normalized spacial score (nSPS) is 12.9. The number of benzene rings is 2. The molecule has 2 aromatic carbocycles. The predicted molar refractivity (Wildman–Crippen MR) is 130 cm³/mol. The third-order valence-corrected chi connectivity index (χ3v) is 5.87. The molecule has 34 heavy (non-hydrogen) atoms. The van der Waals surface area contributed by atoms with Crippen LogP contribution in [0.5, 0.6) is 5.75 Å². The Hall–Kier alpha value is -3.61. The van der Waals surface area contributed by atoms with E-state index in [-0.39, 0.29) is 18.2 Å². The first-order chi connectivity index (χ1) is 16.5. The first-order valence-corrected chi connectivity index (χ1v) is 11.8. The Balaban J connectivity index is 1.67. The Morgan fingerprint density at radius 1 is 1.09 bits per heavy atom. The van der Waals surface area contributed by atoms with Gasteiger partial charge >= 0.3 is 5.97 Å². The molecule has 1 saturated carbocycles. The van der Waals surface area contributed by atoms with Gasteiger partial charge in [0.1, 0.15) is 5.75 Å². The van der Waals surface area contributed by atoms with Crippen molar-refractivity contribution >= 4 is 11.9 Å². The third kappa shape index (κ3) is 5.30.